The predicted molar refractivity (Wildman–Crippen MR) is 112 cm³/mol. The molecule has 1 atom stereocenters. The second-order valence-corrected chi connectivity index (χ2v) is 8.18. The molecule has 0 aromatic heterocycles. The van der Waals surface area contributed by atoms with Gasteiger partial charge in [-0.05, 0) is 43.7 Å². The van der Waals surface area contributed by atoms with Crippen molar-refractivity contribution in [1.29, 1.82) is 0 Å². The highest BCUT2D eigenvalue weighted by atomic mass is 32.2. The molecule has 0 aliphatic carbocycles. The molecule has 2 aromatic rings. The Balaban J connectivity index is 2.19. The Labute approximate surface area is 167 Å². The zero-order chi connectivity index (χ0) is 20.7. The SMILES string of the molecule is CCOc1cccc(C=N[C@H](C)c2ccc(S(=O)(=O)N(CC)CC)cc2)c1O. The molecule has 0 fully saturated rings. The number of para-hydroxylation sites is 1. The largest absolute Gasteiger partial charge is 0.504 e. The maximum atomic E-state index is 12.6. The van der Waals surface area contributed by atoms with Gasteiger partial charge in [0.1, 0.15) is 0 Å². The van der Waals surface area contributed by atoms with Crippen molar-refractivity contribution < 1.29 is 18.3 Å². The van der Waals surface area contributed by atoms with Crippen molar-refractivity contribution in [3.63, 3.8) is 0 Å². The minimum atomic E-state index is -3.47. The molecule has 0 aliphatic heterocycles. The van der Waals surface area contributed by atoms with E-state index >= 15 is 0 Å². The number of aliphatic imine (C=N–C) groups is 1. The van der Waals surface area contributed by atoms with Crippen molar-refractivity contribution in [1.82, 2.24) is 4.31 Å². The Hall–Kier alpha value is -2.38. The molecule has 6 nitrogen and oxygen atoms in total. The third-order valence-electron chi connectivity index (χ3n) is 4.47. The van der Waals surface area contributed by atoms with Crippen molar-refractivity contribution in [3.05, 3.63) is 53.6 Å². The van der Waals surface area contributed by atoms with E-state index in [0.717, 1.165) is 5.56 Å². The van der Waals surface area contributed by atoms with Crippen LogP contribution in [0.5, 0.6) is 11.5 Å². The van der Waals surface area contributed by atoms with Crippen molar-refractivity contribution in [2.75, 3.05) is 19.7 Å². The summed E-state index contributed by atoms with van der Waals surface area (Å²) in [5.41, 5.74) is 1.45. The average Bonchev–Trinajstić information content (AvgIpc) is 2.69. The summed E-state index contributed by atoms with van der Waals surface area (Å²) in [6, 6.07) is 11.8. The van der Waals surface area contributed by atoms with Crippen LogP contribution in [0.2, 0.25) is 0 Å². The van der Waals surface area contributed by atoms with Crippen LogP contribution in [0.4, 0.5) is 0 Å². The summed E-state index contributed by atoms with van der Waals surface area (Å²) in [7, 11) is -3.47. The number of hydrogen-bond donors (Lipinski definition) is 1. The summed E-state index contributed by atoms with van der Waals surface area (Å²) in [6.45, 7) is 8.75. The molecular formula is C21H28N2O4S. The van der Waals surface area contributed by atoms with Crippen molar-refractivity contribution >= 4 is 16.2 Å². The average molecular weight is 405 g/mol. The number of hydrogen-bond acceptors (Lipinski definition) is 5. The second-order valence-electron chi connectivity index (χ2n) is 6.24. The van der Waals surface area contributed by atoms with Gasteiger partial charge >= 0.3 is 0 Å². The highest BCUT2D eigenvalue weighted by Crippen LogP contribution is 2.29. The van der Waals surface area contributed by atoms with Gasteiger partial charge in [-0.15, -0.1) is 0 Å². The first-order valence-electron chi connectivity index (χ1n) is 9.43. The third-order valence-corrected chi connectivity index (χ3v) is 6.54. The Kier molecular flexibility index (Phi) is 7.60. The highest BCUT2D eigenvalue weighted by Gasteiger charge is 2.21. The van der Waals surface area contributed by atoms with E-state index in [1.165, 1.54) is 4.31 Å². The topological polar surface area (TPSA) is 79.2 Å². The number of aromatic hydroxyl groups is 1. The number of phenolic OH excluding ortho intramolecular Hbond substituents is 1. The predicted octanol–water partition coefficient (Wildman–Crippen LogP) is 4.00. The molecule has 0 amide bonds. The van der Waals surface area contributed by atoms with Crippen LogP contribution in [-0.4, -0.2) is 43.7 Å². The van der Waals surface area contributed by atoms with Crippen LogP contribution >= 0.6 is 0 Å². The molecule has 1 N–H and O–H groups in total. The van der Waals surface area contributed by atoms with Crippen LogP contribution in [0.1, 0.15) is 44.9 Å². The lowest BCUT2D eigenvalue weighted by molar-refractivity contribution is 0.318. The first kappa shape index (κ1) is 21.9. The number of sulfonamides is 1. The van der Waals surface area contributed by atoms with Gasteiger partial charge in [0.15, 0.2) is 11.5 Å². The zero-order valence-corrected chi connectivity index (χ0v) is 17.6. The summed E-state index contributed by atoms with van der Waals surface area (Å²) >= 11 is 0. The summed E-state index contributed by atoms with van der Waals surface area (Å²) < 4.78 is 31.9. The van der Waals surface area contributed by atoms with Crippen LogP contribution in [0.25, 0.3) is 0 Å². The summed E-state index contributed by atoms with van der Waals surface area (Å²) in [5.74, 6) is 0.478. The van der Waals surface area contributed by atoms with Gasteiger partial charge in [-0.3, -0.25) is 4.99 Å². The lowest BCUT2D eigenvalue weighted by Crippen LogP contribution is -2.30. The first-order valence-corrected chi connectivity index (χ1v) is 10.9. The van der Waals surface area contributed by atoms with E-state index in [-0.39, 0.29) is 16.7 Å². The molecule has 0 saturated carbocycles. The number of benzene rings is 2. The Morgan fingerprint density at radius 1 is 1.11 bits per heavy atom. The molecule has 2 aromatic carbocycles. The Bertz CT molecular complexity index is 905. The Morgan fingerprint density at radius 3 is 2.32 bits per heavy atom. The zero-order valence-electron chi connectivity index (χ0n) is 16.8. The maximum absolute atomic E-state index is 12.6. The van der Waals surface area contributed by atoms with Crippen molar-refractivity contribution in [3.8, 4) is 11.5 Å². The minimum Gasteiger partial charge on any atom is -0.504 e. The second kappa shape index (κ2) is 9.71. The van der Waals surface area contributed by atoms with Gasteiger partial charge in [-0.1, -0.05) is 32.0 Å². The van der Waals surface area contributed by atoms with Gasteiger partial charge in [0.2, 0.25) is 10.0 Å². The van der Waals surface area contributed by atoms with E-state index in [2.05, 4.69) is 4.99 Å². The first-order chi connectivity index (χ1) is 13.3. The molecule has 152 valence electrons. The summed E-state index contributed by atoms with van der Waals surface area (Å²) in [4.78, 5) is 4.76. The lowest BCUT2D eigenvalue weighted by Gasteiger charge is -2.18. The number of rotatable bonds is 9. The van der Waals surface area contributed by atoms with Crippen LogP contribution in [0.15, 0.2) is 52.4 Å². The molecule has 0 unspecified atom stereocenters. The van der Waals surface area contributed by atoms with Crippen LogP contribution in [0.3, 0.4) is 0 Å². The summed E-state index contributed by atoms with van der Waals surface area (Å²) in [5, 5.41) is 10.2. The fourth-order valence-electron chi connectivity index (χ4n) is 2.82. The van der Waals surface area contributed by atoms with Gasteiger partial charge in [-0.25, -0.2) is 8.42 Å². The van der Waals surface area contributed by atoms with E-state index in [4.69, 9.17) is 4.74 Å². The fraction of sp³-hybridized carbons (Fsp3) is 0.381. The monoisotopic (exact) mass is 404 g/mol. The molecule has 2 rings (SSSR count). The molecular weight excluding hydrogens is 376 g/mol. The van der Waals surface area contributed by atoms with E-state index in [1.54, 1.807) is 48.7 Å². The van der Waals surface area contributed by atoms with Crippen molar-refractivity contribution in [2.24, 2.45) is 4.99 Å². The van der Waals surface area contributed by atoms with E-state index in [0.29, 0.717) is 31.0 Å². The van der Waals surface area contributed by atoms with Gasteiger partial charge in [0, 0.05) is 24.9 Å². The molecule has 0 saturated heterocycles. The smallest absolute Gasteiger partial charge is 0.243 e. The molecule has 0 bridgehead atoms. The van der Waals surface area contributed by atoms with Crippen molar-refractivity contribution in [2.45, 2.75) is 38.6 Å². The van der Waals surface area contributed by atoms with Crippen LogP contribution in [0, 0.1) is 0 Å². The summed E-state index contributed by atoms with van der Waals surface area (Å²) in [6.07, 6.45) is 1.60. The van der Waals surface area contributed by atoms with Gasteiger partial charge in [-0.2, -0.15) is 4.31 Å². The van der Waals surface area contributed by atoms with E-state index in [9.17, 15) is 13.5 Å². The quantitative estimate of drug-likeness (QED) is 0.641. The fourth-order valence-corrected chi connectivity index (χ4v) is 4.28. The highest BCUT2D eigenvalue weighted by molar-refractivity contribution is 7.89. The molecule has 0 aliphatic rings. The minimum absolute atomic E-state index is 0.0564. The molecule has 0 spiro atoms. The normalized spacial score (nSPS) is 13.2. The maximum Gasteiger partial charge on any atom is 0.243 e. The number of nitrogens with zero attached hydrogens (tertiary/aromatic N) is 2. The van der Waals surface area contributed by atoms with Gasteiger partial charge in [0.25, 0.3) is 0 Å². The molecule has 0 radical (unpaired) electrons. The van der Waals surface area contributed by atoms with Crippen LogP contribution in [-0.2, 0) is 10.0 Å². The lowest BCUT2D eigenvalue weighted by atomic mass is 10.1. The van der Waals surface area contributed by atoms with Gasteiger partial charge in [0.05, 0.1) is 17.5 Å². The number of phenols is 1. The van der Waals surface area contributed by atoms with E-state index in [1.807, 2.05) is 27.7 Å². The van der Waals surface area contributed by atoms with E-state index < -0.39 is 10.0 Å². The van der Waals surface area contributed by atoms with Crippen LogP contribution < -0.4 is 4.74 Å². The third kappa shape index (κ3) is 4.91. The Morgan fingerprint density at radius 2 is 1.75 bits per heavy atom. The number of ether oxygens (including phenoxy) is 1. The molecule has 7 heteroatoms. The van der Waals surface area contributed by atoms with Gasteiger partial charge < -0.3 is 9.84 Å². The molecule has 28 heavy (non-hydrogen) atoms. The molecule has 0 heterocycles. The standard InChI is InChI=1S/C21H28N2O4S/c1-5-23(6-2)28(25,26)19-13-11-17(12-14-19)16(4)22-15-18-9-8-10-20(21(18)24)27-7-3/h8-16,24H,5-7H2,1-4H3/t16-/m1/s1.